The standard InChI is InChI=1S/C25H29ClF4N2O5S2/c1-17(9-15-38(3,34)35)31-22(33)24(27)11-13-32(14-12-24)39(36,37)21-8-7-18(25(28,29)30)16-19(21)20-6-4-5-10-23(20,2)26/h4-10,15-17,20H,11-14H2,1-3H3,(H,31,33)/b15-9-/t17-,20?,23?/m1/s1. The van der Waals surface area contributed by atoms with Crippen molar-refractivity contribution in [1.82, 2.24) is 9.62 Å². The van der Waals surface area contributed by atoms with Gasteiger partial charge in [0.25, 0.3) is 5.91 Å². The van der Waals surface area contributed by atoms with Gasteiger partial charge in [-0.3, -0.25) is 4.79 Å². The minimum absolute atomic E-state index is 0.149. The van der Waals surface area contributed by atoms with Gasteiger partial charge in [0.15, 0.2) is 15.5 Å². The van der Waals surface area contributed by atoms with Gasteiger partial charge in [-0.25, -0.2) is 21.2 Å². The molecule has 1 aromatic carbocycles. The number of alkyl halides is 5. The molecule has 2 aliphatic rings. The summed E-state index contributed by atoms with van der Waals surface area (Å²) >= 11 is 6.55. The Morgan fingerprint density at radius 2 is 1.79 bits per heavy atom. The second kappa shape index (κ2) is 11.0. The number of hydrogen-bond donors (Lipinski definition) is 1. The van der Waals surface area contributed by atoms with Crippen molar-refractivity contribution in [3.05, 3.63) is 65.1 Å². The molecule has 0 bridgehead atoms. The number of sulfone groups is 1. The van der Waals surface area contributed by atoms with Crippen molar-refractivity contribution in [3.63, 3.8) is 0 Å². The van der Waals surface area contributed by atoms with Gasteiger partial charge in [-0.2, -0.15) is 17.5 Å². The van der Waals surface area contributed by atoms with E-state index in [9.17, 15) is 34.8 Å². The highest BCUT2D eigenvalue weighted by Crippen LogP contribution is 2.44. The average Bonchev–Trinajstić information content (AvgIpc) is 2.81. The van der Waals surface area contributed by atoms with Gasteiger partial charge in [0.05, 0.1) is 15.3 Å². The monoisotopic (exact) mass is 612 g/mol. The summed E-state index contributed by atoms with van der Waals surface area (Å²) < 4.78 is 107. The van der Waals surface area contributed by atoms with E-state index in [0.717, 1.165) is 28.1 Å². The van der Waals surface area contributed by atoms with Gasteiger partial charge in [-0.15, -0.1) is 11.6 Å². The van der Waals surface area contributed by atoms with Crippen molar-refractivity contribution in [2.75, 3.05) is 19.3 Å². The molecular weight excluding hydrogens is 584 g/mol. The second-order valence-corrected chi connectivity index (χ2v) is 14.6. The van der Waals surface area contributed by atoms with Crippen LogP contribution in [0.2, 0.25) is 0 Å². The fourth-order valence-electron chi connectivity index (χ4n) is 4.41. The van der Waals surface area contributed by atoms with Crippen LogP contribution in [-0.2, 0) is 30.8 Å². The highest BCUT2D eigenvalue weighted by molar-refractivity contribution is 7.93. The zero-order chi connectivity index (χ0) is 29.4. The van der Waals surface area contributed by atoms with Gasteiger partial charge in [0.2, 0.25) is 10.0 Å². The molecule has 1 aromatic rings. The molecule has 216 valence electrons. The largest absolute Gasteiger partial charge is 0.416 e. The maximum Gasteiger partial charge on any atom is 0.416 e. The number of hydrogen-bond acceptors (Lipinski definition) is 5. The van der Waals surface area contributed by atoms with Crippen LogP contribution < -0.4 is 5.32 Å². The number of piperidine rings is 1. The van der Waals surface area contributed by atoms with Crippen LogP contribution in [0.3, 0.4) is 0 Å². The molecule has 3 atom stereocenters. The first kappa shape index (κ1) is 31.3. The fraction of sp³-hybridized carbons (Fsp3) is 0.480. The van der Waals surface area contributed by atoms with Crippen LogP contribution in [0.4, 0.5) is 17.6 Å². The third kappa shape index (κ3) is 7.30. The Kier molecular flexibility index (Phi) is 8.82. The highest BCUT2D eigenvalue weighted by Gasteiger charge is 2.46. The van der Waals surface area contributed by atoms with E-state index in [4.69, 9.17) is 11.6 Å². The van der Waals surface area contributed by atoms with Crippen LogP contribution in [0.15, 0.2) is 58.9 Å². The summed E-state index contributed by atoms with van der Waals surface area (Å²) in [5, 5.41) is 3.24. The number of rotatable bonds is 7. The van der Waals surface area contributed by atoms with Gasteiger partial charge < -0.3 is 5.32 Å². The molecule has 0 saturated carbocycles. The quantitative estimate of drug-likeness (QED) is 0.362. The van der Waals surface area contributed by atoms with Crippen molar-refractivity contribution < 1.29 is 39.2 Å². The van der Waals surface area contributed by atoms with Crippen LogP contribution in [0.5, 0.6) is 0 Å². The lowest BCUT2D eigenvalue weighted by Crippen LogP contribution is -2.53. The Morgan fingerprint density at radius 1 is 1.18 bits per heavy atom. The maximum absolute atomic E-state index is 15.5. The molecule has 0 radical (unpaired) electrons. The van der Waals surface area contributed by atoms with Gasteiger partial charge in [0.1, 0.15) is 0 Å². The van der Waals surface area contributed by atoms with Crippen molar-refractivity contribution in [3.8, 4) is 0 Å². The summed E-state index contributed by atoms with van der Waals surface area (Å²) in [6.45, 7) is 2.20. The minimum atomic E-state index is -4.73. The Bertz CT molecular complexity index is 1410. The number of benzene rings is 1. The summed E-state index contributed by atoms with van der Waals surface area (Å²) in [5.41, 5.74) is -3.61. The first-order chi connectivity index (χ1) is 17.8. The zero-order valence-corrected chi connectivity index (χ0v) is 23.8. The van der Waals surface area contributed by atoms with Gasteiger partial charge in [-0.1, -0.05) is 30.4 Å². The molecule has 39 heavy (non-hydrogen) atoms. The molecule has 1 amide bonds. The SMILES string of the molecule is C[C@H](/C=C\S(C)(=O)=O)NC(=O)C1(F)CCN(S(=O)(=O)c2ccc(C(F)(F)F)cc2C2C=CC=CC2(C)Cl)CC1. The molecule has 0 spiro atoms. The molecule has 7 nitrogen and oxygen atoms in total. The van der Waals surface area contributed by atoms with E-state index >= 15 is 4.39 Å². The molecule has 3 rings (SSSR count). The normalized spacial score (nSPS) is 25.1. The smallest absolute Gasteiger partial charge is 0.347 e. The predicted molar refractivity (Wildman–Crippen MR) is 140 cm³/mol. The summed E-state index contributed by atoms with van der Waals surface area (Å²) in [5.74, 6) is -1.92. The summed E-state index contributed by atoms with van der Waals surface area (Å²) in [7, 11) is -7.86. The Hall–Kier alpha value is -2.22. The Balaban J connectivity index is 1.87. The van der Waals surface area contributed by atoms with E-state index in [1.165, 1.54) is 19.1 Å². The molecule has 1 saturated heterocycles. The first-order valence-corrected chi connectivity index (χ1v) is 15.7. The molecule has 1 N–H and O–H groups in total. The lowest BCUT2D eigenvalue weighted by Gasteiger charge is -2.36. The summed E-state index contributed by atoms with van der Waals surface area (Å²) in [6, 6.07) is 1.52. The first-order valence-electron chi connectivity index (χ1n) is 11.9. The maximum atomic E-state index is 15.5. The lowest BCUT2D eigenvalue weighted by molar-refractivity contribution is -0.137. The van der Waals surface area contributed by atoms with Crippen LogP contribution in [-0.4, -0.2) is 63.0 Å². The summed E-state index contributed by atoms with van der Waals surface area (Å²) in [6.07, 6.45) is 2.66. The Labute approximate surface area is 230 Å². The fourth-order valence-corrected chi connectivity index (χ4v) is 6.86. The minimum Gasteiger partial charge on any atom is -0.347 e. The van der Waals surface area contributed by atoms with E-state index in [-0.39, 0.29) is 10.5 Å². The van der Waals surface area contributed by atoms with E-state index < -0.39 is 85.9 Å². The Morgan fingerprint density at radius 3 is 2.33 bits per heavy atom. The van der Waals surface area contributed by atoms with Crippen molar-refractivity contribution in [1.29, 1.82) is 0 Å². The van der Waals surface area contributed by atoms with E-state index in [2.05, 4.69) is 5.32 Å². The van der Waals surface area contributed by atoms with Crippen LogP contribution in [0, 0.1) is 0 Å². The van der Waals surface area contributed by atoms with Gasteiger partial charge >= 0.3 is 6.18 Å². The van der Waals surface area contributed by atoms with Crippen LogP contribution >= 0.6 is 11.6 Å². The molecule has 0 aromatic heterocycles. The number of nitrogens with zero attached hydrogens (tertiary/aromatic N) is 1. The van der Waals surface area contributed by atoms with E-state index in [0.29, 0.717) is 6.07 Å². The molecule has 1 aliphatic heterocycles. The number of carbonyl (C=O) groups is 1. The lowest BCUT2D eigenvalue weighted by atomic mass is 9.83. The average molecular weight is 613 g/mol. The van der Waals surface area contributed by atoms with E-state index in [1.54, 1.807) is 25.2 Å². The topological polar surface area (TPSA) is 101 Å². The molecular formula is C25H29ClF4N2O5S2. The third-order valence-corrected chi connectivity index (χ3v) is 9.62. The van der Waals surface area contributed by atoms with Crippen molar-refractivity contribution in [2.24, 2.45) is 0 Å². The second-order valence-electron chi connectivity index (χ2n) is 9.91. The number of amides is 1. The number of allylic oxidation sites excluding steroid dienone is 4. The van der Waals surface area contributed by atoms with Crippen molar-refractivity contribution in [2.45, 2.75) is 60.3 Å². The molecule has 1 heterocycles. The number of nitrogens with one attached hydrogen (secondary N) is 1. The summed E-state index contributed by atoms with van der Waals surface area (Å²) in [4.78, 5) is 11.0. The number of sulfonamides is 1. The predicted octanol–water partition coefficient (Wildman–Crippen LogP) is 4.47. The number of halogens is 5. The molecule has 14 heteroatoms. The number of carbonyl (C=O) groups excluding carboxylic acids is 1. The van der Waals surface area contributed by atoms with Crippen LogP contribution in [0.1, 0.15) is 43.7 Å². The molecule has 2 unspecified atom stereocenters. The van der Waals surface area contributed by atoms with Crippen molar-refractivity contribution >= 4 is 37.4 Å². The highest BCUT2D eigenvalue weighted by atomic mass is 35.5. The van der Waals surface area contributed by atoms with Crippen LogP contribution in [0.25, 0.3) is 0 Å². The van der Waals surface area contributed by atoms with Gasteiger partial charge in [-0.05, 0) is 37.6 Å². The molecule has 1 fully saturated rings. The van der Waals surface area contributed by atoms with Gasteiger partial charge in [0, 0.05) is 49.6 Å². The molecule has 1 aliphatic carbocycles. The van der Waals surface area contributed by atoms with E-state index in [1.807, 2.05) is 0 Å². The zero-order valence-electron chi connectivity index (χ0n) is 21.4. The third-order valence-electron chi connectivity index (χ3n) is 6.63.